The summed E-state index contributed by atoms with van der Waals surface area (Å²) in [6.45, 7) is 0. The smallest absolute Gasteiger partial charge is 0.134 e. The standard InChI is InChI=1S/C15H11NO/c17-14-8-13-7-6-12(9-15(13)16-10-14)11-4-2-1-3-5-11/h1-10,17H. The van der Waals surface area contributed by atoms with Crippen molar-refractivity contribution in [2.75, 3.05) is 0 Å². The van der Waals surface area contributed by atoms with Gasteiger partial charge in [0.15, 0.2) is 0 Å². The van der Waals surface area contributed by atoms with Crippen molar-refractivity contribution >= 4 is 10.9 Å². The van der Waals surface area contributed by atoms with Crippen molar-refractivity contribution in [3.63, 3.8) is 0 Å². The summed E-state index contributed by atoms with van der Waals surface area (Å²) in [6.07, 6.45) is 1.47. The molecule has 0 saturated heterocycles. The highest BCUT2D eigenvalue weighted by Gasteiger charge is 2.00. The van der Waals surface area contributed by atoms with Crippen LogP contribution in [0.15, 0.2) is 60.8 Å². The molecule has 17 heavy (non-hydrogen) atoms. The molecule has 0 saturated carbocycles. The van der Waals surface area contributed by atoms with Gasteiger partial charge in [-0.2, -0.15) is 0 Å². The molecular formula is C15H11NO. The summed E-state index contributed by atoms with van der Waals surface area (Å²) in [6, 6.07) is 17.9. The molecule has 1 aromatic heterocycles. The van der Waals surface area contributed by atoms with Gasteiger partial charge in [0, 0.05) is 5.39 Å². The van der Waals surface area contributed by atoms with Crippen LogP contribution >= 0.6 is 0 Å². The van der Waals surface area contributed by atoms with Gasteiger partial charge in [-0.05, 0) is 23.3 Å². The third kappa shape index (κ3) is 1.85. The van der Waals surface area contributed by atoms with Gasteiger partial charge < -0.3 is 5.11 Å². The third-order valence-corrected chi connectivity index (χ3v) is 2.78. The second kappa shape index (κ2) is 3.91. The lowest BCUT2D eigenvalue weighted by molar-refractivity contribution is 0.474. The minimum atomic E-state index is 0.199. The van der Waals surface area contributed by atoms with Gasteiger partial charge in [-0.3, -0.25) is 4.98 Å². The first-order chi connectivity index (χ1) is 8.33. The molecule has 0 aliphatic carbocycles. The van der Waals surface area contributed by atoms with Crippen LogP contribution in [-0.2, 0) is 0 Å². The van der Waals surface area contributed by atoms with E-state index < -0.39 is 0 Å². The Hall–Kier alpha value is -2.35. The lowest BCUT2D eigenvalue weighted by Crippen LogP contribution is -1.81. The van der Waals surface area contributed by atoms with Gasteiger partial charge in [-0.1, -0.05) is 42.5 Å². The van der Waals surface area contributed by atoms with Crippen molar-refractivity contribution in [2.45, 2.75) is 0 Å². The van der Waals surface area contributed by atoms with Gasteiger partial charge in [-0.25, -0.2) is 0 Å². The first kappa shape index (κ1) is 9.85. The highest BCUT2D eigenvalue weighted by molar-refractivity contribution is 5.84. The van der Waals surface area contributed by atoms with Crippen LogP contribution in [0.2, 0.25) is 0 Å². The molecule has 2 nitrogen and oxygen atoms in total. The van der Waals surface area contributed by atoms with Crippen LogP contribution in [-0.4, -0.2) is 10.1 Å². The lowest BCUT2D eigenvalue weighted by Gasteiger charge is -2.03. The van der Waals surface area contributed by atoms with Crippen LogP contribution in [0.4, 0.5) is 0 Å². The Balaban J connectivity index is 2.17. The highest BCUT2D eigenvalue weighted by Crippen LogP contribution is 2.24. The van der Waals surface area contributed by atoms with Crippen molar-refractivity contribution in [3.05, 3.63) is 60.8 Å². The Bertz CT molecular complexity index is 662. The van der Waals surface area contributed by atoms with E-state index in [4.69, 9.17) is 0 Å². The number of fused-ring (bicyclic) bond motifs is 1. The molecule has 82 valence electrons. The molecule has 0 unspecified atom stereocenters. The van der Waals surface area contributed by atoms with Crippen molar-refractivity contribution < 1.29 is 5.11 Å². The minimum Gasteiger partial charge on any atom is -0.506 e. The SMILES string of the molecule is Oc1cnc2cc(-c3ccccc3)ccc2c1. The molecule has 2 heteroatoms. The molecule has 0 fully saturated rings. The summed E-state index contributed by atoms with van der Waals surface area (Å²) in [7, 11) is 0. The summed E-state index contributed by atoms with van der Waals surface area (Å²) in [4.78, 5) is 4.22. The zero-order valence-corrected chi connectivity index (χ0v) is 9.17. The number of benzene rings is 2. The second-order valence-electron chi connectivity index (χ2n) is 3.97. The number of nitrogens with zero attached hydrogens (tertiary/aromatic N) is 1. The van der Waals surface area contributed by atoms with E-state index in [1.807, 2.05) is 36.4 Å². The van der Waals surface area contributed by atoms with Crippen LogP contribution in [0.25, 0.3) is 22.0 Å². The molecule has 2 aromatic carbocycles. The van der Waals surface area contributed by atoms with E-state index in [1.54, 1.807) is 6.07 Å². The molecule has 1 N–H and O–H groups in total. The molecule has 1 heterocycles. The number of aromatic nitrogens is 1. The van der Waals surface area contributed by atoms with Crippen molar-refractivity contribution in [1.29, 1.82) is 0 Å². The predicted molar refractivity (Wildman–Crippen MR) is 68.8 cm³/mol. The van der Waals surface area contributed by atoms with Gasteiger partial charge in [0.2, 0.25) is 0 Å². The van der Waals surface area contributed by atoms with Crippen molar-refractivity contribution in [2.24, 2.45) is 0 Å². The number of rotatable bonds is 1. The molecule has 0 radical (unpaired) electrons. The Morgan fingerprint density at radius 1 is 0.824 bits per heavy atom. The van der Waals surface area contributed by atoms with E-state index in [0.29, 0.717) is 0 Å². The van der Waals surface area contributed by atoms with E-state index in [1.165, 1.54) is 11.8 Å². The molecule has 0 aliphatic rings. The summed E-state index contributed by atoms with van der Waals surface area (Å²) >= 11 is 0. The van der Waals surface area contributed by atoms with E-state index >= 15 is 0 Å². The summed E-state index contributed by atoms with van der Waals surface area (Å²) in [5, 5.41) is 10.3. The molecule has 0 amide bonds. The Morgan fingerprint density at radius 2 is 1.65 bits per heavy atom. The molecular weight excluding hydrogens is 210 g/mol. The Morgan fingerprint density at radius 3 is 2.47 bits per heavy atom. The fourth-order valence-electron chi connectivity index (χ4n) is 1.92. The molecule has 0 bridgehead atoms. The summed E-state index contributed by atoms with van der Waals surface area (Å²) in [5.74, 6) is 0.199. The van der Waals surface area contributed by atoms with Crippen molar-refractivity contribution in [3.8, 4) is 16.9 Å². The van der Waals surface area contributed by atoms with Gasteiger partial charge in [0.1, 0.15) is 5.75 Å². The van der Waals surface area contributed by atoms with E-state index in [-0.39, 0.29) is 5.75 Å². The fourth-order valence-corrected chi connectivity index (χ4v) is 1.92. The van der Waals surface area contributed by atoms with E-state index in [0.717, 1.165) is 16.5 Å². The molecule has 3 aromatic rings. The zero-order valence-electron chi connectivity index (χ0n) is 9.17. The maximum atomic E-state index is 9.35. The number of hydrogen-bond acceptors (Lipinski definition) is 2. The van der Waals surface area contributed by atoms with Crippen LogP contribution in [0.1, 0.15) is 0 Å². The molecule has 3 rings (SSSR count). The van der Waals surface area contributed by atoms with E-state index in [2.05, 4.69) is 17.1 Å². The van der Waals surface area contributed by atoms with Gasteiger partial charge in [-0.15, -0.1) is 0 Å². The third-order valence-electron chi connectivity index (χ3n) is 2.78. The first-order valence-electron chi connectivity index (χ1n) is 5.47. The predicted octanol–water partition coefficient (Wildman–Crippen LogP) is 3.61. The first-order valence-corrected chi connectivity index (χ1v) is 5.47. The fraction of sp³-hybridized carbons (Fsp3) is 0. The minimum absolute atomic E-state index is 0.199. The van der Waals surface area contributed by atoms with Crippen LogP contribution in [0.3, 0.4) is 0 Å². The van der Waals surface area contributed by atoms with Crippen LogP contribution < -0.4 is 0 Å². The van der Waals surface area contributed by atoms with E-state index in [9.17, 15) is 5.11 Å². The topological polar surface area (TPSA) is 33.1 Å². The number of pyridine rings is 1. The normalized spacial score (nSPS) is 10.6. The summed E-state index contributed by atoms with van der Waals surface area (Å²) < 4.78 is 0. The Kier molecular flexibility index (Phi) is 2.26. The number of aromatic hydroxyl groups is 1. The lowest BCUT2D eigenvalue weighted by atomic mass is 10.0. The second-order valence-corrected chi connectivity index (χ2v) is 3.97. The largest absolute Gasteiger partial charge is 0.506 e. The average molecular weight is 221 g/mol. The van der Waals surface area contributed by atoms with Crippen LogP contribution in [0, 0.1) is 0 Å². The van der Waals surface area contributed by atoms with Gasteiger partial charge in [0.25, 0.3) is 0 Å². The Labute approximate surface area is 99.2 Å². The average Bonchev–Trinajstić information content (AvgIpc) is 2.39. The van der Waals surface area contributed by atoms with Gasteiger partial charge in [0.05, 0.1) is 11.7 Å². The maximum Gasteiger partial charge on any atom is 0.134 e. The van der Waals surface area contributed by atoms with Crippen LogP contribution in [0.5, 0.6) is 5.75 Å². The highest BCUT2D eigenvalue weighted by atomic mass is 16.3. The monoisotopic (exact) mass is 221 g/mol. The maximum absolute atomic E-state index is 9.35. The quantitative estimate of drug-likeness (QED) is 0.681. The molecule has 0 aliphatic heterocycles. The summed E-state index contributed by atoms with van der Waals surface area (Å²) in [5.41, 5.74) is 3.20. The number of hydrogen-bond donors (Lipinski definition) is 1. The molecule has 0 atom stereocenters. The van der Waals surface area contributed by atoms with Crippen molar-refractivity contribution in [1.82, 2.24) is 4.98 Å². The van der Waals surface area contributed by atoms with Gasteiger partial charge >= 0.3 is 0 Å². The molecule has 0 spiro atoms. The zero-order chi connectivity index (χ0) is 11.7.